The molecule has 0 amide bonds. The second-order valence-electron chi connectivity index (χ2n) is 11.0. The van der Waals surface area contributed by atoms with Crippen molar-refractivity contribution < 1.29 is 23.5 Å². The summed E-state index contributed by atoms with van der Waals surface area (Å²) < 4.78 is 12.5. The largest absolute Gasteiger partial charge is 0.464 e. The first-order valence-electron chi connectivity index (χ1n) is 13.9. The number of hydrogen-bond acceptors (Lipinski definition) is 4. The molecule has 2 fully saturated rings. The number of esters is 2. The highest BCUT2D eigenvalue weighted by molar-refractivity contribution is 5.79. The van der Waals surface area contributed by atoms with Crippen LogP contribution in [0.3, 0.4) is 0 Å². The summed E-state index contributed by atoms with van der Waals surface area (Å²) in [4.78, 5) is 25.1. The van der Waals surface area contributed by atoms with Crippen molar-refractivity contribution in [2.24, 2.45) is 0 Å². The molecule has 5 nitrogen and oxygen atoms in total. The van der Waals surface area contributed by atoms with Crippen molar-refractivity contribution >= 4 is 11.9 Å². The number of piperidine rings is 1. The molecular formula is C33H38NO4+. The molecule has 0 aliphatic carbocycles. The minimum atomic E-state index is -0.602. The molecule has 198 valence electrons. The van der Waals surface area contributed by atoms with Crippen LogP contribution < -0.4 is 0 Å². The van der Waals surface area contributed by atoms with E-state index in [4.69, 9.17) is 9.47 Å². The van der Waals surface area contributed by atoms with E-state index < -0.39 is 5.92 Å². The van der Waals surface area contributed by atoms with Gasteiger partial charge in [0, 0.05) is 37.7 Å². The standard InChI is InChI=1S/C33H38NO4/c1-3-32(35)37-23-31(27-12-8-5-9-13-27)33(36)38-30-20-28-18-19-29(21-30)34(28,2)22-24-14-16-26(17-15-24)25-10-6-4-7-11-25/h4-17,28-31H,3,18-23H2,1-2H3/q+1/t28-,29?,30?,31?,34?/m1/s1. The van der Waals surface area contributed by atoms with Crippen LogP contribution in [0.1, 0.15) is 56.1 Å². The number of hydrogen-bond donors (Lipinski definition) is 0. The van der Waals surface area contributed by atoms with E-state index in [2.05, 4.69) is 55.6 Å². The monoisotopic (exact) mass is 512 g/mol. The average Bonchev–Trinajstić information content (AvgIpc) is 3.10. The first-order valence-corrected chi connectivity index (χ1v) is 13.9. The first-order chi connectivity index (χ1) is 18.5. The van der Waals surface area contributed by atoms with Gasteiger partial charge in [-0.25, -0.2) is 0 Å². The number of benzene rings is 3. The smallest absolute Gasteiger partial charge is 0.317 e. The third-order valence-electron chi connectivity index (χ3n) is 8.62. The van der Waals surface area contributed by atoms with Gasteiger partial charge >= 0.3 is 11.9 Å². The van der Waals surface area contributed by atoms with Crippen LogP contribution in [0.25, 0.3) is 11.1 Å². The molecule has 0 radical (unpaired) electrons. The predicted molar refractivity (Wildman–Crippen MR) is 148 cm³/mol. The summed E-state index contributed by atoms with van der Waals surface area (Å²) in [7, 11) is 2.38. The third-order valence-corrected chi connectivity index (χ3v) is 8.62. The van der Waals surface area contributed by atoms with Crippen LogP contribution in [0.2, 0.25) is 0 Å². The average molecular weight is 513 g/mol. The lowest BCUT2D eigenvalue weighted by molar-refractivity contribution is -0.961. The number of carbonyl (C=O) groups is 2. The van der Waals surface area contributed by atoms with Crippen LogP contribution in [-0.4, -0.2) is 48.3 Å². The van der Waals surface area contributed by atoms with E-state index >= 15 is 0 Å². The lowest BCUT2D eigenvalue weighted by atomic mass is 9.94. The van der Waals surface area contributed by atoms with Crippen molar-refractivity contribution in [2.75, 3.05) is 13.7 Å². The number of fused-ring (bicyclic) bond motifs is 2. The number of nitrogens with zero attached hydrogens (tertiary/aromatic N) is 1. The predicted octanol–water partition coefficient (Wildman–Crippen LogP) is 6.27. The van der Waals surface area contributed by atoms with Gasteiger partial charge in [-0.2, -0.15) is 0 Å². The molecule has 0 saturated carbocycles. The van der Waals surface area contributed by atoms with Crippen molar-refractivity contribution in [1.29, 1.82) is 0 Å². The Labute approximate surface area is 226 Å². The van der Waals surface area contributed by atoms with Gasteiger partial charge in [0.1, 0.15) is 25.2 Å². The molecule has 5 rings (SSSR count). The summed E-state index contributed by atoms with van der Waals surface area (Å²) in [5.41, 5.74) is 4.64. The topological polar surface area (TPSA) is 52.6 Å². The highest BCUT2D eigenvalue weighted by atomic mass is 16.6. The number of quaternary nitrogens is 1. The molecule has 0 N–H and O–H groups in total. The molecule has 0 aromatic heterocycles. The van der Waals surface area contributed by atoms with E-state index in [-0.39, 0.29) is 31.1 Å². The second kappa shape index (κ2) is 11.5. The minimum Gasteiger partial charge on any atom is -0.464 e. The van der Waals surface area contributed by atoms with Crippen molar-refractivity contribution in [3.8, 4) is 11.1 Å². The fraction of sp³-hybridized carbons (Fsp3) is 0.394. The molecule has 4 unspecified atom stereocenters. The lowest BCUT2D eigenvalue weighted by Crippen LogP contribution is -2.58. The van der Waals surface area contributed by atoms with Crippen molar-refractivity contribution in [3.05, 3.63) is 96.1 Å². The maximum atomic E-state index is 13.3. The fourth-order valence-electron chi connectivity index (χ4n) is 6.38. The van der Waals surface area contributed by atoms with E-state index in [1.54, 1.807) is 6.92 Å². The van der Waals surface area contributed by atoms with Crippen molar-refractivity contribution in [3.63, 3.8) is 0 Å². The third kappa shape index (κ3) is 5.68. The quantitative estimate of drug-likeness (QED) is 0.250. The highest BCUT2D eigenvalue weighted by Crippen LogP contribution is 2.44. The Morgan fingerprint density at radius 1 is 0.842 bits per heavy atom. The second-order valence-corrected chi connectivity index (χ2v) is 11.0. The van der Waals surface area contributed by atoms with Crippen molar-refractivity contribution in [1.82, 2.24) is 0 Å². The molecule has 2 heterocycles. The van der Waals surface area contributed by atoms with Crippen molar-refractivity contribution in [2.45, 2.75) is 69.7 Å². The van der Waals surface area contributed by atoms with Crippen LogP contribution in [0.15, 0.2) is 84.9 Å². The zero-order valence-electron chi connectivity index (χ0n) is 22.4. The maximum absolute atomic E-state index is 13.3. The Balaban J connectivity index is 1.23. The van der Waals surface area contributed by atoms with Crippen LogP contribution in [0, 0.1) is 0 Å². The Morgan fingerprint density at radius 2 is 1.42 bits per heavy atom. The van der Waals surface area contributed by atoms with Gasteiger partial charge in [-0.1, -0.05) is 91.9 Å². The summed E-state index contributed by atoms with van der Waals surface area (Å²) in [6, 6.07) is 29.9. The molecule has 2 saturated heterocycles. The van der Waals surface area contributed by atoms with Crippen LogP contribution in [0.4, 0.5) is 0 Å². The maximum Gasteiger partial charge on any atom is 0.317 e. The van der Waals surface area contributed by atoms with Crippen LogP contribution in [-0.2, 0) is 25.6 Å². The number of rotatable bonds is 9. The highest BCUT2D eigenvalue weighted by Gasteiger charge is 2.52. The van der Waals surface area contributed by atoms with Gasteiger partial charge in [-0.05, 0) is 16.7 Å². The van der Waals surface area contributed by atoms with Gasteiger partial charge in [0.25, 0.3) is 0 Å². The zero-order valence-corrected chi connectivity index (χ0v) is 22.4. The Bertz CT molecular complexity index is 1210. The van der Waals surface area contributed by atoms with Gasteiger partial charge in [-0.3, -0.25) is 9.59 Å². The Kier molecular flexibility index (Phi) is 7.94. The van der Waals surface area contributed by atoms with E-state index in [0.29, 0.717) is 12.1 Å². The lowest BCUT2D eigenvalue weighted by Gasteiger charge is -2.47. The van der Waals surface area contributed by atoms with Gasteiger partial charge in [0.05, 0.1) is 19.1 Å². The van der Waals surface area contributed by atoms with E-state index in [0.717, 1.165) is 42.3 Å². The molecular weight excluding hydrogens is 474 g/mol. The first kappa shape index (κ1) is 26.2. The molecule has 5 atom stereocenters. The molecule has 2 aliphatic heterocycles. The molecule has 38 heavy (non-hydrogen) atoms. The van der Waals surface area contributed by atoms with Crippen LogP contribution in [0.5, 0.6) is 0 Å². The van der Waals surface area contributed by atoms with E-state index in [9.17, 15) is 9.59 Å². The fourth-order valence-corrected chi connectivity index (χ4v) is 6.38. The summed E-state index contributed by atoms with van der Waals surface area (Å²) >= 11 is 0. The normalized spacial score (nSPS) is 24.9. The molecule has 2 aliphatic rings. The van der Waals surface area contributed by atoms with Gasteiger partial charge < -0.3 is 14.0 Å². The molecule has 0 spiro atoms. The summed E-state index contributed by atoms with van der Waals surface area (Å²) in [5.74, 6) is -1.20. The minimum absolute atomic E-state index is 0.0157. The Morgan fingerprint density at radius 3 is 2.03 bits per heavy atom. The van der Waals surface area contributed by atoms with E-state index in [1.165, 1.54) is 16.7 Å². The SMILES string of the molecule is CCC(=O)OCC(C(=O)OC1CC2CC[C@H](C1)[N+]2(C)Cc1ccc(-c2ccccc2)cc1)c1ccccc1. The molecule has 2 bridgehead atoms. The Hall–Kier alpha value is -3.44. The van der Waals surface area contributed by atoms with Gasteiger partial charge in [0.15, 0.2) is 0 Å². The van der Waals surface area contributed by atoms with Gasteiger partial charge in [0.2, 0.25) is 0 Å². The summed E-state index contributed by atoms with van der Waals surface area (Å²) in [6.45, 7) is 2.76. The molecule has 5 heteroatoms. The zero-order chi connectivity index (χ0) is 26.5. The van der Waals surface area contributed by atoms with Gasteiger partial charge in [-0.15, -0.1) is 0 Å². The molecule has 3 aromatic rings. The summed E-state index contributed by atoms with van der Waals surface area (Å²) in [5, 5.41) is 0. The molecule has 3 aromatic carbocycles. The van der Waals surface area contributed by atoms with Crippen LogP contribution >= 0.6 is 0 Å². The number of carbonyl (C=O) groups excluding carboxylic acids is 2. The number of ether oxygens (including phenoxy) is 2. The van der Waals surface area contributed by atoms with E-state index in [1.807, 2.05) is 36.4 Å². The summed E-state index contributed by atoms with van der Waals surface area (Å²) in [6.07, 6.45) is 4.25.